The highest BCUT2D eigenvalue weighted by molar-refractivity contribution is 6.11. The van der Waals surface area contributed by atoms with Crippen molar-refractivity contribution in [3.05, 3.63) is 70.8 Å². The summed E-state index contributed by atoms with van der Waals surface area (Å²) in [5.74, 6) is -5.64. The summed E-state index contributed by atoms with van der Waals surface area (Å²) in [6, 6.07) is 7.28. The van der Waals surface area contributed by atoms with Gasteiger partial charge in [0.2, 0.25) is 5.82 Å². The summed E-state index contributed by atoms with van der Waals surface area (Å²) in [6.45, 7) is 1.72. The number of nitrogens with zero attached hydrogens (tertiary/aromatic N) is 5. The van der Waals surface area contributed by atoms with E-state index in [0.29, 0.717) is 26.2 Å². The van der Waals surface area contributed by atoms with Gasteiger partial charge in [-0.3, -0.25) is 4.79 Å². The van der Waals surface area contributed by atoms with Crippen molar-refractivity contribution in [3.63, 3.8) is 0 Å². The fraction of sp³-hybridized carbons (Fsp3) is 0.375. The van der Waals surface area contributed by atoms with Crippen molar-refractivity contribution in [2.24, 2.45) is 7.05 Å². The molecule has 1 saturated heterocycles. The van der Waals surface area contributed by atoms with Crippen LogP contribution in [-0.4, -0.2) is 46.9 Å². The number of rotatable bonds is 5. The van der Waals surface area contributed by atoms with Crippen molar-refractivity contribution in [2.75, 3.05) is 36.0 Å². The molecule has 1 N–H and O–H groups in total. The molecule has 3 aromatic rings. The highest BCUT2D eigenvalue weighted by Crippen LogP contribution is 2.44. The third-order valence-corrected chi connectivity index (χ3v) is 6.62. The van der Waals surface area contributed by atoms with Gasteiger partial charge in [-0.05, 0) is 35.4 Å². The standard InChI is InChI=1S/C24H22F6N6O/c1-34-13-32-33-22(34)23(26,27)20(25)14-3-2-4-15(9-14)36-12-18-17(21(36)37)10-16(11-19(18)24(28,29)30)35-7-5-31-6-8-35/h2-4,9-11,13,20,31H,5-8,12H2,1H3. The van der Waals surface area contributed by atoms with Crippen LogP contribution in [-0.2, 0) is 25.7 Å². The van der Waals surface area contributed by atoms with Gasteiger partial charge in [-0.1, -0.05) is 12.1 Å². The lowest BCUT2D eigenvalue weighted by molar-refractivity contribution is -0.138. The second kappa shape index (κ2) is 9.05. The molecule has 7 nitrogen and oxygen atoms in total. The summed E-state index contributed by atoms with van der Waals surface area (Å²) in [5.41, 5.74) is -1.41. The van der Waals surface area contributed by atoms with Gasteiger partial charge in [0, 0.05) is 50.2 Å². The monoisotopic (exact) mass is 524 g/mol. The van der Waals surface area contributed by atoms with Crippen LogP contribution in [0.25, 0.3) is 0 Å². The van der Waals surface area contributed by atoms with E-state index < -0.39 is 47.7 Å². The minimum atomic E-state index is -4.71. The Morgan fingerprint density at radius 1 is 1.03 bits per heavy atom. The maximum absolute atomic E-state index is 15.1. The van der Waals surface area contributed by atoms with E-state index in [0.717, 1.165) is 34.0 Å². The molecular formula is C24H22F6N6O. The second-order valence-electron chi connectivity index (χ2n) is 8.99. The van der Waals surface area contributed by atoms with Crippen LogP contribution >= 0.6 is 0 Å². The molecule has 0 bridgehead atoms. The third-order valence-electron chi connectivity index (χ3n) is 6.62. The maximum atomic E-state index is 15.1. The number of hydrogen-bond acceptors (Lipinski definition) is 5. The molecule has 1 unspecified atom stereocenters. The average molecular weight is 524 g/mol. The van der Waals surface area contributed by atoms with Crippen LogP contribution in [0.15, 0.2) is 42.7 Å². The van der Waals surface area contributed by atoms with Crippen LogP contribution in [0.2, 0.25) is 0 Å². The minimum absolute atomic E-state index is 0.00645. The van der Waals surface area contributed by atoms with Crippen molar-refractivity contribution in [1.82, 2.24) is 20.1 Å². The van der Waals surface area contributed by atoms with Gasteiger partial charge in [0.1, 0.15) is 6.33 Å². The Kier molecular flexibility index (Phi) is 6.13. The molecule has 1 aromatic heterocycles. The zero-order valence-corrected chi connectivity index (χ0v) is 19.6. The molecule has 1 atom stereocenters. The lowest BCUT2D eigenvalue weighted by Crippen LogP contribution is -2.43. The Labute approximate surface area is 207 Å². The van der Waals surface area contributed by atoms with Gasteiger partial charge in [0.15, 0.2) is 6.17 Å². The zero-order chi connectivity index (χ0) is 26.5. The molecule has 0 saturated carbocycles. The number of piperazine rings is 1. The van der Waals surface area contributed by atoms with Gasteiger partial charge in [0.25, 0.3) is 5.91 Å². The number of nitrogens with one attached hydrogen (secondary N) is 1. The molecule has 1 fully saturated rings. The summed E-state index contributed by atoms with van der Waals surface area (Å²) in [4.78, 5) is 16.1. The van der Waals surface area contributed by atoms with Gasteiger partial charge < -0.3 is 19.7 Å². The second-order valence-corrected chi connectivity index (χ2v) is 8.99. The first-order valence-corrected chi connectivity index (χ1v) is 11.5. The largest absolute Gasteiger partial charge is 0.416 e. The predicted molar refractivity (Wildman–Crippen MR) is 122 cm³/mol. The number of carbonyl (C=O) groups is 1. The molecule has 1 amide bonds. The maximum Gasteiger partial charge on any atom is 0.416 e. The van der Waals surface area contributed by atoms with Crippen LogP contribution in [0.3, 0.4) is 0 Å². The van der Waals surface area contributed by atoms with Gasteiger partial charge >= 0.3 is 12.1 Å². The van der Waals surface area contributed by atoms with Crippen LogP contribution in [0.5, 0.6) is 0 Å². The SMILES string of the molecule is Cn1cnnc1C(F)(F)C(F)c1cccc(N2Cc3c(cc(N4CCNCC4)cc3C(F)(F)F)C2=O)c1. The van der Waals surface area contributed by atoms with Crippen LogP contribution in [0.1, 0.15) is 39.0 Å². The highest BCUT2D eigenvalue weighted by Gasteiger charge is 2.47. The summed E-state index contributed by atoms with van der Waals surface area (Å²) in [6.07, 6.45) is -6.53. The Hall–Kier alpha value is -3.61. The number of amides is 1. The first-order valence-electron chi connectivity index (χ1n) is 11.5. The first-order chi connectivity index (χ1) is 17.5. The average Bonchev–Trinajstić information content (AvgIpc) is 3.46. The van der Waals surface area contributed by atoms with Gasteiger partial charge in [-0.25, -0.2) is 4.39 Å². The van der Waals surface area contributed by atoms with E-state index in [1.807, 2.05) is 0 Å². The van der Waals surface area contributed by atoms with Crippen LogP contribution < -0.4 is 15.1 Å². The van der Waals surface area contributed by atoms with Crippen molar-refractivity contribution in [2.45, 2.75) is 24.8 Å². The molecule has 2 aromatic carbocycles. The van der Waals surface area contributed by atoms with E-state index in [2.05, 4.69) is 15.5 Å². The Morgan fingerprint density at radius 3 is 2.41 bits per heavy atom. The summed E-state index contributed by atoms with van der Waals surface area (Å²) < 4.78 is 87.6. The topological polar surface area (TPSA) is 66.3 Å². The minimum Gasteiger partial charge on any atom is -0.369 e. The van der Waals surface area contributed by atoms with Gasteiger partial charge in [-0.15, -0.1) is 10.2 Å². The lowest BCUT2D eigenvalue weighted by atomic mass is 10.0. The molecule has 2 aliphatic heterocycles. The van der Waals surface area contributed by atoms with E-state index >= 15 is 4.39 Å². The normalized spacial score (nSPS) is 17.3. The fourth-order valence-corrected chi connectivity index (χ4v) is 4.72. The number of benzene rings is 2. The van der Waals surface area contributed by atoms with E-state index in [1.54, 1.807) is 4.90 Å². The number of hydrogen-bond donors (Lipinski definition) is 1. The smallest absolute Gasteiger partial charge is 0.369 e. The third kappa shape index (κ3) is 4.41. The first kappa shape index (κ1) is 25.1. The van der Waals surface area contributed by atoms with E-state index in [9.17, 15) is 26.7 Å². The van der Waals surface area contributed by atoms with Crippen molar-refractivity contribution in [3.8, 4) is 0 Å². The Bertz CT molecular complexity index is 1330. The number of carbonyl (C=O) groups excluding carboxylic acids is 1. The molecule has 0 aliphatic carbocycles. The zero-order valence-electron chi connectivity index (χ0n) is 19.6. The Morgan fingerprint density at radius 2 is 1.76 bits per heavy atom. The summed E-state index contributed by atoms with van der Waals surface area (Å²) in [7, 11) is 1.25. The van der Waals surface area contributed by atoms with Crippen molar-refractivity contribution >= 4 is 17.3 Å². The molecule has 3 heterocycles. The summed E-state index contributed by atoms with van der Waals surface area (Å²) in [5, 5.41) is 9.78. The van der Waals surface area contributed by atoms with Crippen molar-refractivity contribution < 1.29 is 31.1 Å². The van der Waals surface area contributed by atoms with Gasteiger partial charge in [0.05, 0.1) is 12.1 Å². The van der Waals surface area contributed by atoms with E-state index in [1.165, 1.54) is 25.2 Å². The van der Waals surface area contributed by atoms with Gasteiger partial charge in [-0.2, -0.15) is 22.0 Å². The molecule has 0 spiro atoms. The number of halogens is 6. The van der Waals surface area contributed by atoms with Crippen LogP contribution in [0.4, 0.5) is 37.7 Å². The van der Waals surface area contributed by atoms with E-state index in [4.69, 9.17) is 0 Å². The number of aryl methyl sites for hydroxylation is 1. The predicted octanol–water partition coefficient (Wildman–Crippen LogP) is 4.21. The van der Waals surface area contributed by atoms with Crippen molar-refractivity contribution in [1.29, 1.82) is 0 Å². The highest BCUT2D eigenvalue weighted by atomic mass is 19.4. The summed E-state index contributed by atoms with van der Waals surface area (Å²) >= 11 is 0. The molecule has 37 heavy (non-hydrogen) atoms. The molecule has 2 aliphatic rings. The lowest BCUT2D eigenvalue weighted by Gasteiger charge is -2.30. The molecular weight excluding hydrogens is 502 g/mol. The molecule has 13 heteroatoms. The number of alkyl halides is 6. The molecule has 5 rings (SSSR count). The molecule has 0 radical (unpaired) electrons. The number of anilines is 2. The van der Waals surface area contributed by atoms with E-state index in [-0.39, 0.29) is 22.5 Å². The van der Waals surface area contributed by atoms with Crippen LogP contribution in [0, 0.1) is 0 Å². The molecule has 196 valence electrons. The quantitative estimate of drug-likeness (QED) is 0.507. The number of aromatic nitrogens is 3. The Balaban J connectivity index is 1.49. The number of fused-ring (bicyclic) bond motifs is 1. The fourth-order valence-electron chi connectivity index (χ4n) is 4.72.